The Bertz CT molecular complexity index is 1020. The third kappa shape index (κ3) is 1.71. The number of benzene rings is 2. The van der Waals surface area contributed by atoms with Crippen LogP contribution in [0.2, 0.25) is 0 Å². The number of aliphatic hydroxyl groups is 1. The highest BCUT2D eigenvalue weighted by atomic mass is 16.5. The summed E-state index contributed by atoms with van der Waals surface area (Å²) in [6, 6.07) is 10.1. The lowest BCUT2D eigenvalue weighted by Gasteiger charge is -2.08. The van der Waals surface area contributed by atoms with E-state index in [1.807, 2.05) is 30.5 Å². The van der Waals surface area contributed by atoms with Crippen LogP contribution in [0.1, 0.15) is 11.3 Å². The maximum absolute atomic E-state index is 9.58. The Kier molecular flexibility index (Phi) is 2.81. The highest BCUT2D eigenvalue weighted by Crippen LogP contribution is 2.35. The van der Waals surface area contributed by atoms with E-state index in [0.717, 1.165) is 49.6 Å². The summed E-state index contributed by atoms with van der Waals surface area (Å²) in [4.78, 5) is 7.89. The standard InChI is InChI=1S/C18H16N2O2/c1-10-12-5-6-19-17(9-21)14(12)8-15-13-7-11(22-2)3-4-16(13)20-18(10)15/h3-8,19,21H,9H2,1-2H3. The van der Waals surface area contributed by atoms with Gasteiger partial charge in [0.1, 0.15) is 5.75 Å². The van der Waals surface area contributed by atoms with Gasteiger partial charge in [-0.25, -0.2) is 4.98 Å². The van der Waals surface area contributed by atoms with E-state index in [1.54, 1.807) is 7.11 Å². The number of nitrogens with zero attached hydrogens (tertiary/aromatic N) is 1. The minimum absolute atomic E-state index is 0.0162. The molecule has 0 radical (unpaired) electrons. The minimum Gasteiger partial charge on any atom is -0.497 e. The van der Waals surface area contributed by atoms with Gasteiger partial charge in [0, 0.05) is 28.0 Å². The lowest BCUT2D eigenvalue weighted by Crippen LogP contribution is -1.92. The summed E-state index contributed by atoms with van der Waals surface area (Å²) in [6.45, 7) is 2.06. The number of aromatic nitrogens is 2. The van der Waals surface area contributed by atoms with Crippen molar-refractivity contribution in [1.82, 2.24) is 9.97 Å². The molecule has 0 saturated heterocycles. The molecule has 110 valence electrons. The molecule has 4 nitrogen and oxygen atoms in total. The van der Waals surface area contributed by atoms with E-state index in [4.69, 9.17) is 9.72 Å². The van der Waals surface area contributed by atoms with Gasteiger partial charge in [0.25, 0.3) is 0 Å². The van der Waals surface area contributed by atoms with Gasteiger partial charge in [-0.15, -0.1) is 0 Å². The number of rotatable bonds is 2. The molecule has 0 aliphatic heterocycles. The maximum atomic E-state index is 9.58. The van der Waals surface area contributed by atoms with Gasteiger partial charge in [-0.3, -0.25) is 0 Å². The van der Waals surface area contributed by atoms with Gasteiger partial charge in [0.05, 0.1) is 24.8 Å². The van der Waals surface area contributed by atoms with Crippen LogP contribution < -0.4 is 4.74 Å². The zero-order chi connectivity index (χ0) is 15.3. The summed E-state index contributed by atoms with van der Waals surface area (Å²) in [7, 11) is 1.67. The van der Waals surface area contributed by atoms with Gasteiger partial charge in [-0.1, -0.05) is 0 Å². The highest BCUT2D eigenvalue weighted by molar-refractivity contribution is 6.14. The normalized spacial score (nSPS) is 11.6. The zero-order valence-corrected chi connectivity index (χ0v) is 12.5. The predicted molar refractivity (Wildman–Crippen MR) is 88.3 cm³/mol. The molecule has 0 saturated carbocycles. The first-order valence-corrected chi connectivity index (χ1v) is 7.21. The van der Waals surface area contributed by atoms with Crippen molar-refractivity contribution in [2.24, 2.45) is 0 Å². The first kappa shape index (κ1) is 13.1. The first-order valence-electron chi connectivity index (χ1n) is 7.21. The van der Waals surface area contributed by atoms with Crippen molar-refractivity contribution < 1.29 is 9.84 Å². The summed E-state index contributed by atoms with van der Waals surface area (Å²) in [5.74, 6) is 0.821. The van der Waals surface area contributed by atoms with Gasteiger partial charge in [0.15, 0.2) is 0 Å². The number of pyridine rings is 1. The van der Waals surface area contributed by atoms with Crippen molar-refractivity contribution in [1.29, 1.82) is 0 Å². The number of aromatic amines is 1. The fourth-order valence-electron chi connectivity index (χ4n) is 3.15. The molecule has 0 amide bonds. The van der Waals surface area contributed by atoms with Crippen LogP contribution in [-0.2, 0) is 6.61 Å². The second-order valence-electron chi connectivity index (χ2n) is 5.47. The van der Waals surface area contributed by atoms with Crippen LogP contribution in [-0.4, -0.2) is 22.2 Å². The number of hydrogen-bond acceptors (Lipinski definition) is 3. The van der Waals surface area contributed by atoms with Crippen LogP contribution in [0.3, 0.4) is 0 Å². The number of H-pyrrole nitrogens is 1. The van der Waals surface area contributed by atoms with Crippen LogP contribution in [0.15, 0.2) is 36.5 Å². The van der Waals surface area contributed by atoms with E-state index >= 15 is 0 Å². The summed E-state index contributed by atoms with van der Waals surface area (Å²) in [5.41, 5.74) is 3.92. The molecule has 0 aliphatic rings. The molecule has 0 aliphatic carbocycles. The highest BCUT2D eigenvalue weighted by Gasteiger charge is 2.13. The molecule has 2 heterocycles. The first-order chi connectivity index (χ1) is 10.7. The van der Waals surface area contributed by atoms with Gasteiger partial charge >= 0.3 is 0 Å². The molecule has 2 aromatic heterocycles. The lowest BCUT2D eigenvalue weighted by atomic mass is 10.0. The second kappa shape index (κ2) is 4.71. The topological polar surface area (TPSA) is 58.1 Å². The van der Waals surface area contributed by atoms with Crippen molar-refractivity contribution in [3.63, 3.8) is 0 Å². The molecule has 4 aromatic rings. The molecule has 0 unspecified atom stereocenters. The van der Waals surface area contributed by atoms with E-state index < -0.39 is 0 Å². The third-order valence-electron chi connectivity index (χ3n) is 4.31. The van der Waals surface area contributed by atoms with Crippen molar-refractivity contribution >= 4 is 32.6 Å². The molecule has 4 heteroatoms. The van der Waals surface area contributed by atoms with E-state index in [9.17, 15) is 5.11 Å². The fourth-order valence-corrected chi connectivity index (χ4v) is 3.15. The van der Waals surface area contributed by atoms with Crippen LogP contribution in [0.5, 0.6) is 5.75 Å². The largest absolute Gasteiger partial charge is 0.497 e. The molecular weight excluding hydrogens is 276 g/mol. The predicted octanol–water partition coefficient (Wildman–Crippen LogP) is 3.68. The van der Waals surface area contributed by atoms with Crippen molar-refractivity contribution in [2.45, 2.75) is 13.5 Å². The van der Waals surface area contributed by atoms with Gasteiger partial charge in [0.2, 0.25) is 0 Å². The zero-order valence-electron chi connectivity index (χ0n) is 12.5. The Labute approximate surface area is 127 Å². The minimum atomic E-state index is -0.0162. The molecule has 4 rings (SSSR count). The Hall–Kier alpha value is -2.59. The number of methoxy groups -OCH3 is 1. The van der Waals surface area contributed by atoms with Crippen LogP contribution in [0, 0.1) is 6.92 Å². The van der Waals surface area contributed by atoms with Crippen LogP contribution in [0.25, 0.3) is 32.6 Å². The number of fused-ring (bicyclic) bond motifs is 4. The lowest BCUT2D eigenvalue weighted by molar-refractivity contribution is 0.278. The number of aryl methyl sites for hydroxylation is 1. The molecule has 2 aromatic carbocycles. The van der Waals surface area contributed by atoms with E-state index in [2.05, 4.69) is 18.0 Å². The van der Waals surface area contributed by atoms with Gasteiger partial charge in [-0.2, -0.15) is 0 Å². The monoisotopic (exact) mass is 292 g/mol. The molecule has 0 fully saturated rings. The Morgan fingerprint density at radius 3 is 2.73 bits per heavy atom. The van der Waals surface area contributed by atoms with Gasteiger partial charge in [-0.05, 0) is 48.2 Å². The quantitative estimate of drug-likeness (QED) is 0.592. The second-order valence-corrected chi connectivity index (χ2v) is 5.47. The van der Waals surface area contributed by atoms with E-state index in [1.165, 1.54) is 0 Å². The Balaban J connectivity index is 2.21. The summed E-state index contributed by atoms with van der Waals surface area (Å²) in [5, 5.41) is 13.9. The number of aliphatic hydroxyl groups excluding tert-OH is 1. The average molecular weight is 292 g/mol. The molecule has 0 spiro atoms. The molecule has 0 bridgehead atoms. The maximum Gasteiger partial charge on any atom is 0.119 e. The molecule has 22 heavy (non-hydrogen) atoms. The van der Waals surface area contributed by atoms with Crippen LogP contribution >= 0.6 is 0 Å². The van der Waals surface area contributed by atoms with Crippen LogP contribution in [0.4, 0.5) is 0 Å². The third-order valence-corrected chi connectivity index (χ3v) is 4.31. The molecular formula is C18H16N2O2. The summed E-state index contributed by atoms with van der Waals surface area (Å²) in [6.07, 6.45) is 1.86. The Morgan fingerprint density at radius 1 is 1.09 bits per heavy atom. The van der Waals surface area contributed by atoms with Crippen molar-refractivity contribution in [3.8, 4) is 5.75 Å². The molecule has 2 N–H and O–H groups in total. The number of hydrogen-bond donors (Lipinski definition) is 2. The smallest absolute Gasteiger partial charge is 0.119 e. The SMILES string of the molecule is COc1ccc2nc3c(C)c4cc[nH]c(CO)c4cc3c2c1. The van der Waals surface area contributed by atoms with Crippen molar-refractivity contribution in [3.05, 3.63) is 47.8 Å². The number of ether oxygens (including phenoxy) is 1. The number of nitrogens with one attached hydrogen (secondary N) is 1. The van der Waals surface area contributed by atoms with Crippen molar-refractivity contribution in [2.75, 3.05) is 7.11 Å². The summed E-state index contributed by atoms with van der Waals surface area (Å²) < 4.78 is 5.33. The van der Waals surface area contributed by atoms with E-state index in [0.29, 0.717) is 0 Å². The summed E-state index contributed by atoms with van der Waals surface area (Å²) >= 11 is 0. The van der Waals surface area contributed by atoms with Gasteiger partial charge < -0.3 is 14.8 Å². The Morgan fingerprint density at radius 2 is 1.95 bits per heavy atom. The van der Waals surface area contributed by atoms with E-state index in [-0.39, 0.29) is 6.61 Å². The average Bonchev–Trinajstić information content (AvgIpc) is 2.93. The fraction of sp³-hybridized carbons (Fsp3) is 0.167. The molecule has 0 atom stereocenters.